The van der Waals surface area contributed by atoms with E-state index in [0.29, 0.717) is 0 Å². The van der Waals surface area contributed by atoms with E-state index < -0.39 is 0 Å². The van der Waals surface area contributed by atoms with Gasteiger partial charge in [-0.05, 0) is 25.3 Å². The monoisotopic (exact) mass is 83.1 g/mol. The Bertz CT molecular complexity index is 52.3. The van der Waals surface area contributed by atoms with Crippen LogP contribution in [0.3, 0.4) is 0 Å². The minimum absolute atomic E-state index is 0.963. The largest absolute Gasteiger partial charge is 0.313 e. The van der Waals surface area contributed by atoms with Crippen LogP contribution in [0.2, 0.25) is 0 Å². The third-order valence-corrected chi connectivity index (χ3v) is 2.06. The Balaban J connectivity index is 2.03. The van der Waals surface area contributed by atoms with Crippen molar-refractivity contribution in [3.05, 3.63) is 0 Å². The molecule has 2 rings (SSSR count). The van der Waals surface area contributed by atoms with Gasteiger partial charge < -0.3 is 5.32 Å². The molecular weight excluding hydrogens is 74.1 g/mol. The van der Waals surface area contributed by atoms with Crippen molar-refractivity contribution in [1.82, 2.24) is 5.32 Å². The van der Waals surface area contributed by atoms with Gasteiger partial charge in [-0.2, -0.15) is 0 Å². The first-order chi connectivity index (χ1) is 2.97. The molecule has 6 heavy (non-hydrogen) atoms. The fourth-order valence-electron chi connectivity index (χ4n) is 1.22. The summed E-state index contributed by atoms with van der Waals surface area (Å²) in [5.41, 5.74) is 0. The number of fused-ring (bicyclic) bond motifs is 1. The van der Waals surface area contributed by atoms with Crippen molar-refractivity contribution in [3.63, 3.8) is 0 Å². The van der Waals surface area contributed by atoms with E-state index in [2.05, 4.69) is 5.32 Å². The van der Waals surface area contributed by atoms with Gasteiger partial charge in [-0.25, -0.2) is 0 Å². The van der Waals surface area contributed by atoms with Crippen LogP contribution in [0.4, 0.5) is 0 Å². The van der Waals surface area contributed by atoms with E-state index in [1.54, 1.807) is 0 Å². The summed E-state index contributed by atoms with van der Waals surface area (Å²) in [5, 5.41) is 3.34. The smallest absolute Gasteiger partial charge is 0.0108 e. The Morgan fingerprint density at radius 2 is 2.17 bits per heavy atom. The van der Waals surface area contributed by atoms with Crippen LogP contribution in [0.25, 0.3) is 0 Å². The van der Waals surface area contributed by atoms with Crippen molar-refractivity contribution in [2.45, 2.75) is 18.9 Å². The average Bonchev–Trinajstić information content (AvgIpc) is 1.54. The Labute approximate surface area is 37.7 Å². The van der Waals surface area contributed by atoms with Crippen molar-refractivity contribution in [2.75, 3.05) is 6.54 Å². The summed E-state index contributed by atoms with van der Waals surface area (Å²) in [4.78, 5) is 0. The molecule has 1 aliphatic carbocycles. The standard InChI is InChI=1S/C5H9N/c1-2-5-4(1)3-6-5/h4-6H,1-3H2/t4-,5?/m0/s1. The number of nitrogens with one attached hydrogen (secondary N) is 1. The summed E-state index contributed by atoms with van der Waals surface area (Å²) in [6, 6.07) is 0.963. The Kier molecular flexibility index (Phi) is 0.396. The van der Waals surface area contributed by atoms with Crippen LogP contribution in [-0.2, 0) is 0 Å². The fourth-order valence-corrected chi connectivity index (χ4v) is 1.22. The molecule has 34 valence electrons. The predicted molar refractivity (Wildman–Crippen MR) is 24.5 cm³/mol. The minimum Gasteiger partial charge on any atom is -0.313 e. The van der Waals surface area contributed by atoms with Crippen LogP contribution in [-0.4, -0.2) is 12.6 Å². The lowest BCUT2D eigenvalue weighted by atomic mass is 9.74. The molecule has 0 bridgehead atoms. The van der Waals surface area contributed by atoms with Gasteiger partial charge in [0.15, 0.2) is 0 Å². The molecule has 1 N–H and O–H groups in total. The first-order valence-electron chi connectivity index (χ1n) is 2.70. The lowest BCUT2D eigenvalue weighted by Crippen LogP contribution is -2.59. The molecule has 0 radical (unpaired) electrons. The van der Waals surface area contributed by atoms with Gasteiger partial charge in [0.1, 0.15) is 0 Å². The van der Waals surface area contributed by atoms with Crippen LogP contribution in [0.1, 0.15) is 12.8 Å². The number of piperidine rings is 1. The summed E-state index contributed by atoms with van der Waals surface area (Å²) in [6.45, 7) is 1.31. The molecule has 1 saturated carbocycles. The summed E-state index contributed by atoms with van der Waals surface area (Å²) in [6.07, 6.45) is 2.95. The van der Waals surface area contributed by atoms with E-state index >= 15 is 0 Å². The third kappa shape index (κ3) is 0.178. The third-order valence-electron chi connectivity index (χ3n) is 2.06. The molecule has 0 aromatic rings. The van der Waals surface area contributed by atoms with E-state index in [4.69, 9.17) is 0 Å². The molecule has 2 atom stereocenters. The van der Waals surface area contributed by atoms with Crippen LogP contribution in [0.5, 0.6) is 0 Å². The second-order valence-electron chi connectivity index (χ2n) is 2.35. The summed E-state index contributed by atoms with van der Waals surface area (Å²) >= 11 is 0. The second-order valence-corrected chi connectivity index (χ2v) is 2.35. The summed E-state index contributed by atoms with van der Waals surface area (Å²) < 4.78 is 0. The molecule has 1 heteroatoms. The lowest BCUT2D eigenvalue weighted by molar-refractivity contribution is 0.111. The lowest BCUT2D eigenvalue weighted by Gasteiger charge is -2.47. The predicted octanol–water partition coefficient (Wildman–Crippen LogP) is 0.368. The number of rotatable bonds is 0. The molecule has 0 aromatic heterocycles. The van der Waals surface area contributed by atoms with Gasteiger partial charge in [0.05, 0.1) is 0 Å². The number of hydrogen-bond acceptors (Lipinski definition) is 1. The van der Waals surface area contributed by atoms with E-state index in [1.165, 1.54) is 19.4 Å². The molecule has 1 heterocycles. The molecule has 2 fully saturated rings. The minimum atomic E-state index is 0.963. The highest BCUT2D eigenvalue weighted by Gasteiger charge is 2.37. The zero-order chi connectivity index (χ0) is 3.98. The molecule has 0 amide bonds. The fraction of sp³-hybridized carbons (Fsp3) is 1.00. The average molecular weight is 83.1 g/mol. The highest BCUT2D eigenvalue weighted by atomic mass is 15.0. The van der Waals surface area contributed by atoms with E-state index in [0.717, 1.165) is 12.0 Å². The van der Waals surface area contributed by atoms with Crippen LogP contribution >= 0.6 is 0 Å². The normalized spacial score (nSPS) is 52.0. The topological polar surface area (TPSA) is 12.0 Å². The number of hydrogen-bond donors (Lipinski definition) is 1. The van der Waals surface area contributed by atoms with Crippen molar-refractivity contribution >= 4 is 0 Å². The van der Waals surface area contributed by atoms with Crippen molar-refractivity contribution in [3.8, 4) is 0 Å². The zero-order valence-electron chi connectivity index (χ0n) is 3.78. The van der Waals surface area contributed by atoms with Crippen molar-refractivity contribution in [2.24, 2.45) is 5.92 Å². The van der Waals surface area contributed by atoms with Gasteiger partial charge in [-0.1, -0.05) is 0 Å². The van der Waals surface area contributed by atoms with Gasteiger partial charge in [-0.15, -0.1) is 0 Å². The maximum atomic E-state index is 3.34. The summed E-state index contributed by atoms with van der Waals surface area (Å²) in [5.74, 6) is 1.10. The van der Waals surface area contributed by atoms with Crippen LogP contribution in [0.15, 0.2) is 0 Å². The Morgan fingerprint density at radius 3 is 2.17 bits per heavy atom. The Hall–Kier alpha value is -0.0400. The molecule has 1 nitrogen and oxygen atoms in total. The SMILES string of the molecule is C1C[C@H]2CNC12. The highest BCUT2D eigenvalue weighted by molar-refractivity contribution is 4.96. The van der Waals surface area contributed by atoms with E-state index in [-0.39, 0.29) is 0 Å². The van der Waals surface area contributed by atoms with Crippen molar-refractivity contribution < 1.29 is 0 Å². The first-order valence-corrected chi connectivity index (χ1v) is 2.70. The maximum absolute atomic E-state index is 3.34. The first kappa shape index (κ1) is 3.03. The Morgan fingerprint density at radius 1 is 1.33 bits per heavy atom. The molecule has 2 aliphatic rings. The quantitative estimate of drug-likeness (QED) is 0.446. The van der Waals surface area contributed by atoms with Gasteiger partial charge in [0, 0.05) is 6.04 Å². The highest BCUT2D eigenvalue weighted by Crippen LogP contribution is 2.32. The van der Waals surface area contributed by atoms with Gasteiger partial charge >= 0.3 is 0 Å². The summed E-state index contributed by atoms with van der Waals surface area (Å²) in [7, 11) is 0. The van der Waals surface area contributed by atoms with E-state index in [1.807, 2.05) is 0 Å². The van der Waals surface area contributed by atoms with Gasteiger partial charge in [0.2, 0.25) is 0 Å². The van der Waals surface area contributed by atoms with E-state index in [9.17, 15) is 0 Å². The maximum Gasteiger partial charge on any atom is 0.0108 e. The van der Waals surface area contributed by atoms with Gasteiger partial charge in [-0.3, -0.25) is 0 Å². The second kappa shape index (κ2) is 0.784. The van der Waals surface area contributed by atoms with Crippen LogP contribution in [0, 0.1) is 5.92 Å². The van der Waals surface area contributed by atoms with Gasteiger partial charge in [0.25, 0.3) is 0 Å². The van der Waals surface area contributed by atoms with Crippen LogP contribution < -0.4 is 5.32 Å². The molecule has 0 aromatic carbocycles. The molecule has 0 spiro atoms. The van der Waals surface area contributed by atoms with Crippen molar-refractivity contribution in [1.29, 1.82) is 0 Å². The zero-order valence-corrected chi connectivity index (χ0v) is 3.78. The molecule has 1 saturated heterocycles. The molecular formula is C5H9N. The molecule has 1 unspecified atom stereocenters. The molecule has 1 aliphatic heterocycles.